The van der Waals surface area contributed by atoms with Crippen molar-refractivity contribution in [3.8, 4) is 0 Å². The normalized spacial score (nSPS) is 24.2. The molecule has 2 fully saturated rings. The molecule has 1 aliphatic heterocycles. The Bertz CT molecular complexity index is 569. The molecule has 27 heavy (non-hydrogen) atoms. The quantitative estimate of drug-likeness (QED) is 0.762. The summed E-state index contributed by atoms with van der Waals surface area (Å²) in [6.07, 6.45) is 11.5. The lowest BCUT2D eigenvalue weighted by Gasteiger charge is -2.28. The minimum absolute atomic E-state index is 0.0195. The summed E-state index contributed by atoms with van der Waals surface area (Å²) in [5.41, 5.74) is 1.18. The lowest BCUT2D eigenvalue weighted by Crippen LogP contribution is -2.45. The second kappa shape index (κ2) is 10.2. The van der Waals surface area contributed by atoms with E-state index in [-0.39, 0.29) is 11.9 Å². The van der Waals surface area contributed by atoms with Crippen molar-refractivity contribution in [1.29, 1.82) is 0 Å². The number of carbonyl (C=O) groups is 1. The first-order valence-corrected chi connectivity index (χ1v) is 10.9. The van der Waals surface area contributed by atoms with Crippen LogP contribution in [0.3, 0.4) is 0 Å². The Morgan fingerprint density at radius 1 is 1.26 bits per heavy atom. The molecule has 0 radical (unpaired) electrons. The molecular formula is C22H36N4O. The maximum absolute atomic E-state index is 13.1. The highest BCUT2D eigenvalue weighted by Gasteiger charge is 2.38. The van der Waals surface area contributed by atoms with Gasteiger partial charge in [-0.1, -0.05) is 25.3 Å². The van der Waals surface area contributed by atoms with E-state index in [2.05, 4.69) is 35.1 Å². The molecule has 0 unspecified atom stereocenters. The summed E-state index contributed by atoms with van der Waals surface area (Å²) in [7, 11) is 0. The van der Waals surface area contributed by atoms with Crippen LogP contribution in [0.4, 0.5) is 0 Å². The van der Waals surface area contributed by atoms with Crippen LogP contribution in [0, 0.1) is 5.92 Å². The molecule has 5 nitrogen and oxygen atoms in total. The molecule has 3 rings (SSSR count). The summed E-state index contributed by atoms with van der Waals surface area (Å²) in [4.78, 5) is 21.7. The van der Waals surface area contributed by atoms with Gasteiger partial charge in [0.15, 0.2) is 0 Å². The average molecular weight is 373 g/mol. The van der Waals surface area contributed by atoms with Gasteiger partial charge in [0.2, 0.25) is 5.91 Å². The van der Waals surface area contributed by atoms with Crippen LogP contribution in [0.15, 0.2) is 24.5 Å². The third kappa shape index (κ3) is 5.52. The topological polar surface area (TPSA) is 48.5 Å². The van der Waals surface area contributed by atoms with Crippen molar-refractivity contribution in [2.24, 2.45) is 5.92 Å². The van der Waals surface area contributed by atoms with E-state index in [1.165, 1.54) is 37.7 Å². The van der Waals surface area contributed by atoms with Crippen molar-refractivity contribution >= 4 is 5.91 Å². The van der Waals surface area contributed by atoms with E-state index < -0.39 is 0 Å². The molecule has 0 spiro atoms. The molecule has 1 amide bonds. The highest BCUT2D eigenvalue weighted by Crippen LogP contribution is 2.25. The average Bonchev–Trinajstić information content (AvgIpc) is 3.11. The van der Waals surface area contributed by atoms with E-state index in [9.17, 15) is 4.79 Å². The summed E-state index contributed by atoms with van der Waals surface area (Å²) in [5, 5.41) is 3.80. The molecule has 2 aliphatic rings. The lowest BCUT2D eigenvalue weighted by molar-refractivity contribution is -0.135. The number of hydrogen-bond acceptors (Lipinski definition) is 4. The molecule has 2 heterocycles. The molecule has 1 saturated carbocycles. The van der Waals surface area contributed by atoms with Crippen molar-refractivity contribution in [2.45, 2.75) is 71.0 Å². The molecule has 0 aromatic carbocycles. The lowest BCUT2D eigenvalue weighted by atomic mass is 9.89. The Hall–Kier alpha value is -1.46. The van der Waals surface area contributed by atoms with Crippen LogP contribution in [-0.2, 0) is 11.3 Å². The van der Waals surface area contributed by atoms with Crippen LogP contribution in [0.2, 0.25) is 0 Å². The second-order valence-corrected chi connectivity index (χ2v) is 8.16. The van der Waals surface area contributed by atoms with Crippen molar-refractivity contribution in [2.75, 3.05) is 26.2 Å². The summed E-state index contributed by atoms with van der Waals surface area (Å²) in [6.45, 7) is 8.56. The van der Waals surface area contributed by atoms with E-state index >= 15 is 0 Å². The standard InChI is InChI=1S/C22H36N4O/c1-3-25(4-2)22(27)21-13-20(24-15-18-9-6-5-7-10-18)17-26(21)16-19-11-8-12-23-14-19/h8,11-12,14,18,20-21,24H,3-7,9-10,13,15-17H2,1-2H3/t20-,21+/m1/s1. The van der Waals surface area contributed by atoms with Crippen LogP contribution in [0.1, 0.15) is 57.9 Å². The third-order valence-electron chi connectivity index (χ3n) is 6.29. The molecule has 5 heteroatoms. The number of likely N-dealkylation sites (N-methyl/N-ethyl adjacent to an activating group) is 1. The smallest absolute Gasteiger partial charge is 0.239 e. The fourth-order valence-corrected chi connectivity index (χ4v) is 4.68. The summed E-state index contributed by atoms with van der Waals surface area (Å²) < 4.78 is 0. The highest BCUT2D eigenvalue weighted by atomic mass is 16.2. The van der Waals surface area contributed by atoms with Crippen LogP contribution in [0.25, 0.3) is 0 Å². The maximum Gasteiger partial charge on any atom is 0.239 e. The Morgan fingerprint density at radius 2 is 2.04 bits per heavy atom. The number of rotatable bonds is 8. The van der Waals surface area contributed by atoms with Crippen molar-refractivity contribution in [3.63, 3.8) is 0 Å². The van der Waals surface area contributed by atoms with E-state index in [0.29, 0.717) is 6.04 Å². The molecule has 1 aromatic heterocycles. The van der Waals surface area contributed by atoms with Crippen molar-refractivity contribution in [1.82, 2.24) is 20.1 Å². The zero-order valence-corrected chi connectivity index (χ0v) is 17.1. The first-order chi connectivity index (χ1) is 13.2. The van der Waals surface area contributed by atoms with Crippen LogP contribution < -0.4 is 5.32 Å². The Labute approximate surface area is 164 Å². The number of pyridine rings is 1. The zero-order chi connectivity index (χ0) is 19.1. The number of likely N-dealkylation sites (tertiary alicyclic amines) is 1. The Morgan fingerprint density at radius 3 is 2.70 bits per heavy atom. The van der Waals surface area contributed by atoms with Gasteiger partial charge in [0.1, 0.15) is 0 Å². The van der Waals surface area contributed by atoms with Gasteiger partial charge in [-0.25, -0.2) is 0 Å². The first-order valence-electron chi connectivity index (χ1n) is 10.9. The van der Waals surface area contributed by atoms with Crippen molar-refractivity contribution in [3.05, 3.63) is 30.1 Å². The van der Waals surface area contributed by atoms with Gasteiger partial charge in [0, 0.05) is 44.6 Å². The van der Waals surface area contributed by atoms with Gasteiger partial charge < -0.3 is 10.2 Å². The van der Waals surface area contributed by atoms with Gasteiger partial charge in [-0.3, -0.25) is 14.7 Å². The predicted octanol–water partition coefficient (Wildman–Crippen LogP) is 3.06. The fourth-order valence-electron chi connectivity index (χ4n) is 4.68. The molecule has 2 atom stereocenters. The van der Waals surface area contributed by atoms with E-state index in [1.807, 2.05) is 17.2 Å². The zero-order valence-electron chi connectivity index (χ0n) is 17.1. The molecule has 150 valence electrons. The van der Waals surface area contributed by atoms with Crippen molar-refractivity contribution < 1.29 is 4.79 Å². The summed E-state index contributed by atoms with van der Waals surface area (Å²) in [6, 6.07) is 4.47. The molecular weight excluding hydrogens is 336 g/mol. The molecule has 1 aromatic rings. The summed E-state index contributed by atoms with van der Waals surface area (Å²) in [5.74, 6) is 1.11. The van der Waals surface area contributed by atoms with Gasteiger partial charge in [-0.05, 0) is 57.2 Å². The molecule has 0 bridgehead atoms. The van der Waals surface area contributed by atoms with Gasteiger partial charge in [-0.15, -0.1) is 0 Å². The second-order valence-electron chi connectivity index (χ2n) is 8.16. The van der Waals surface area contributed by atoms with Gasteiger partial charge in [0.05, 0.1) is 6.04 Å². The SMILES string of the molecule is CCN(CC)C(=O)[C@@H]1C[C@@H](NCC2CCCCC2)CN1Cc1cccnc1. The predicted molar refractivity (Wildman–Crippen MR) is 109 cm³/mol. The van der Waals surface area contributed by atoms with E-state index in [0.717, 1.165) is 45.1 Å². The number of aromatic nitrogens is 1. The monoisotopic (exact) mass is 372 g/mol. The van der Waals surface area contributed by atoms with Crippen LogP contribution in [-0.4, -0.2) is 59.0 Å². The minimum Gasteiger partial charge on any atom is -0.342 e. The summed E-state index contributed by atoms with van der Waals surface area (Å²) >= 11 is 0. The Kier molecular flexibility index (Phi) is 7.65. The molecule has 1 saturated heterocycles. The maximum atomic E-state index is 13.1. The Balaban J connectivity index is 1.63. The van der Waals surface area contributed by atoms with Gasteiger partial charge in [-0.2, -0.15) is 0 Å². The number of carbonyl (C=O) groups excluding carboxylic acids is 1. The third-order valence-corrected chi connectivity index (χ3v) is 6.29. The highest BCUT2D eigenvalue weighted by molar-refractivity contribution is 5.82. The number of amides is 1. The van der Waals surface area contributed by atoms with E-state index in [4.69, 9.17) is 0 Å². The van der Waals surface area contributed by atoms with Crippen LogP contribution in [0.5, 0.6) is 0 Å². The number of hydrogen-bond donors (Lipinski definition) is 1. The largest absolute Gasteiger partial charge is 0.342 e. The molecule has 1 aliphatic carbocycles. The van der Waals surface area contributed by atoms with Gasteiger partial charge >= 0.3 is 0 Å². The van der Waals surface area contributed by atoms with E-state index in [1.54, 1.807) is 6.20 Å². The van der Waals surface area contributed by atoms with Crippen LogP contribution >= 0.6 is 0 Å². The first kappa shape index (κ1) is 20.3. The number of nitrogens with zero attached hydrogens (tertiary/aromatic N) is 3. The number of nitrogens with one attached hydrogen (secondary N) is 1. The fraction of sp³-hybridized carbons (Fsp3) is 0.727. The minimum atomic E-state index is -0.0195. The molecule has 1 N–H and O–H groups in total. The van der Waals surface area contributed by atoms with Gasteiger partial charge in [0.25, 0.3) is 0 Å².